The third kappa shape index (κ3) is 7.63. The van der Waals surface area contributed by atoms with Crippen LogP contribution in [0.15, 0.2) is 273 Å². The van der Waals surface area contributed by atoms with Crippen LogP contribution < -0.4 is 4.90 Å². The van der Waals surface area contributed by atoms with E-state index in [2.05, 4.69) is 278 Å². The highest BCUT2D eigenvalue weighted by Gasteiger charge is 2.21. The van der Waals surface area contributed by atoms with Crippen molar-refractivity contribution in [3.63, 3.8) is 0 Å². The molecule has 12 aromatic carbocycles. The van der Waals surface area contributed by atoms with E-state index in [4.69, 9.17) is 0 Å². The molecule has 1 nitrogen and oxygen atoms in total. The van der Waals surface area contributed by atoms with Crippen LogP contribution in [0.25, 0.3) is 99.1 Å². The molecule has 67 heavy (non-hydrogen) atoms. The van der Waals surface area contributed by atoms with Crippen molar-refractivity contribution < 1.29 is 0 Å². The van der Waals surface area contributed by atoms with Crippen molar-refractivity contribution in [3.8, 4) is 66.8 Å². The summed E-state index contributed by atoms with van der Waals surface area (Å²) in [6.07, 6.45) is 0. The van der Waals surface area contributed by atoms with Crippen molar-refractivity contribution in [1.82, 2.24) is 0 Å². The molecule has 0 bridgehead atoms. The normalized spacial score (nSPS) is 11.3. The van der Waals surface area contributed by atoms with Crippen LogP contribution in [0.4, 0.5) is 17.1 Å². The third-order valence-electron chi connectivity index (χ3n) is 13.3. The summed E-state index contributed by atoms with van der Waals surface area (Å²) in [6.45, 7) is 0. The first-order valence-electron chi connectivity index (χ1n) is 23.1. The largest absolute Gasteiger partial charge is 0.310 e. The maximum Gasteiger partial charge on any atom is 0.0546 e. The molecule has 0 radical (unpaired) electrons. The van der Waals surface area contributed by atoms with E-state index in [0.717, 1.165) is 28.2 Å². The van der Waals surface area contributed by atoms with Crippen molar-refractivity contribution in [2.24, 2.45) is 0 Å². The lowest BCUT2D eigenvalue weighted by Gasteiger charge is -2.29. The molecular weight excluding hydrogens is 807 g/mol. The fourth-order valence-corrected chi connectivity index (χ4v) is 9.93. The van der Waals surface area contributed by atoms with Crippen LogP contribution >= 0.6 is 0 Å². The summed E-state index contributed by atoms with van der Waals surface area (Å²) in [7, 11) is 0. The maximum atomic E-state index is 2.45. The van der Waals surface area contributed by atoms with Crippen LogP contribution in [0.2, 0.25) is 0 Å². The van der Waals surface area contributed by atoms with Gasteiger partial charge in [0, 0.05) is 16.9 Å². The zero-order valence-corrected chi connectivity index (χ0v) is 36.9. The van der Waals surface area contributed by atoms with Gasteiger partial charge in [0.2, 0.25) is 0 Å². The van der Waals surface area contributed by atoms with Gasteiger partial charge in [0.1, 0.15) is 0 Å². The van der Waals surface area contributed by atoms with Gasteiger partial charge >= 0.3 is 0 Å². The average molecular weight is 852 g/mol. The summed E-state index contributed by atoms with van der Waals surface area (Å²) in [4.78, 5) is 2.45. The van der Waals surface area contributed by atoms with Crippen LogP contribution in [0.1, 0.15) is 0 Å². The van der Waals surface area contributed by atoms with Gasteiger partial charge in [-0.15, -0.1) is 0 Å². The lowest BCUT2D eigenvalue weighted by atomic mass is 9.92. The van der Waals surface area contributed by atoms with E-state index in [-0.39, 0.29) is 0 Å². The minimum atomic E-state index is 1.07. The lowest BCUT2D eigenvalue weighted by molar-refractivity contribution is 1.28. The van der Waals surface area contributed by atoms with E-state index in [1.165, 1.54) is 88.0 Å². The Morgan fingerprint density at radius 2 is 0.537 bits per heavy atom. The molecule has 0 heterocycles. The number of hydrogen-bond acceptors (Lipinski definition) is 1. The van der Waals surface area contributed by atoms with Gasteiger partial charge < -0.3 is 4.90 Å². The van der Waals surface area contributed by atoms with Gasteiger partial charge in [-0.2, -0.15) is 0 Å². The minimum Gasteiger partial charge on any atom is -0.310 e. The van der Waals surface area contributed by atoms with E-state index < -0.39 is 0 Å². The van der Waals surface area contributed by atoms with Crippen molar-refractivity contribution in [3.05, 3.63) is 273 Å². The van der Waals surface area contributed by atoms with Crippen molar-refractivity contribution >= 4 is 49.4 Å². The molecule has 1 heteroatoms. The van der Waals surface area contributed by atoms with Gasteiger partial charge in [-0.05, 0) is 136 Å². The number of fused-ring (bicyclic) bond motifs is 3. The first-order valence-corrected chi connectivity index (χ1v) is 23.1. The summed E-state index contributed by atoms with van der Waals surface area (Å²) < 4.78 is 0. The highest BCUT2D eigenvalue weighted by molar-refractivity contribution is 6.04. The fourth-order valence-electron chi connectivity index (χ4n) is 9.93. The second-order valence-corrected chi connectivity index (χ2v) is 17.3. The van der Waals surface area contributed by atoms with E-state index >= 15 is 0 Å². The molecule has 0 aliphatic carbocycles. The molecule has 12 aromatic rings. The SMILES string of the molecule is c1ccc(-c2cccc(-c3ccc(N(c4ccc(-c5cccc(-c6cccc7ccccc67)c5)cc4)c4cc(-c5cccc6ccccc56)ccc4-c4cccc5ccccc45)cc3)c2)cc1. The van der Waals surface area contributed by atoms with Gasteiger partial charge in [-0.1, -0.05) is 231 Å². The number of nitrogens with zero attached hydrogens (tertiary/aromatic N) is 1. The second kappa shape index (κ2) is 17.3. The number of benzene rings is 12. The van der Waals surface area contributed by atoms with Gasteiger partial charge in [0.15, 0.2) is 0 Å². The number of rotatable bonds is 9. The monoisotopic (exact) mass is 851 g/mol. The van der Waals surface area contributed by atoms with Crippen molar-refractivity contribution in [2.75, 3.05) is 4.90 Å². The molecule has 0 aliphatic heterocycles. The third-order valence-corrected chi connectivity index (χ3v) is 13.3. The Morgan fingerprint density at radius 1 is 0.194 bits per heavy atom. The Balaban J connectivity index is 1.03. The molecule has 0 saturated carbocycles. The van der Waals surface area contributed by atoms with Gasteiger partial charge in [-0.3, -0.25) is 0 Å². The van der Waals surface area contributed by atoms with Crippen LogP contribution in [-0.4, -0.2) is 0 Å². The van der Waals surface area contributed by atoms with E-state index in [1.54, 1.807) is 0 Å². The number of anilines is 3. The zero-order chi connectivity index (χ0) is 44.5. The Bertz CT molecular complexity index is 3720. The van der Waals surface area contributed by atoms with E-state index in [0.29, 0.717) is 0 Å². The molecule has 314 valence electrons. The number of hydrogen-bond donors (Lipinski definition) is 0. The standard InChI is InChI=1S/C66H45N/c1-2-15-46(16-3-1)52-23-10-24-53(43-52)47-33-38-57(39-34-47)67(58-40-35-48(36-41-58)54-25-11-26-55(44-54)62-30-12-20-49-17-4-7-27-59(49)62)66-45-56(63-31-13-21-50-18-5-8-28-60(50)63)37-42-65(66)64-32-14-22-51-19-6-9-29-61(51)64/h1-45H. The van der Waals surface area contributed by atoms with Crippen LogP contribution in [-0.2, 0) is 0 Å². The molecule has 0 unspecified atom stereocenters. The average Bonchev–Trinajstić information content (AvgIpc) is 3.41. The molecule has 0 spiro atoms. The van der Waals surface area contributed by atoms with E-state index in [9.17, 15) is 0 Å². The smallest absolute Gasteiger partial charge is 0.0546 e. The van der Waals surface area contributed by atoms with Gasteiger partial charge in [0.25, 0.3) is 0 Å². The topological polar surface area (TPSA) is 3.24 Å². The Hall–Kier alpha value is -8.78. The van der Waals surface area contributed by atoms with Crippen molar-refractivity contribution in [2.45, 2.75) is 0 Å². The quantitative estimate of drug-likeness (QED) is 0.140. The van der Waals surface area contributed by atoms with E-state index in [1.807, 2.05) is 0 Å². The predicted molar refractivity (Wildman–Crippen MR) is 286 cm³/mol. The summed E-state index contributed by atoms with van der Waals surface area (Å²) in [5.74, 6) is 0. The first kappa shape index (κ1) is 39.8. The first-order chi connectivity index (χ1) is 33.2. The van der Waals surface area contributed by atoms with Crippen LogP contribution in [0.3, 0.4) is 0 Å². The van der Waals surface area contributed by atoms with Gasteiger partial charge in [-0.25, -0.2) is 0 Å². The van der Waals surface area contributed by atoms with Crippen LogP contribution in [0, 0.1) is 0 Å². The maximum absolute atomic E-state index is 2.45. The second-order valence-electron chi connectivity index (χ2n) is 17.3. The summed E-state index contributed by atoms with van der Waals surface area (Å²) in [5.41, 5.74) is 17.5. The summed E-state index contributed by atoms with van der Waals surface area (Å²) in [5, 5.41) is 7.40. The predicted octanol–water partition coefficient (Wildman–Crippen LogP) is 18.6. The molecule has 12 rings (SSSR count). The Labute approximate surface area is 392 Å². The zero-order valence-electron chi connectivity index (χ0n) is 36.9. The molecule has 0 saturated heterocycles. The highest BCUT2D eigenvalue weighted by atomic mass is 15.1. The molecule has 0 aromatic heterocycles. The molecule has 0 atom stereocenters. The lowest BCUT2D eigenvalue weighted by Crippen LogP contribution is -2.11. The van der Waals surface area contributed by atoms with Gasteiger partial charge in [0.05, 0.1) is 5.69 Å². The van der Waals surface area contributed by atoms with Crippen molar-refractivity contribution in [1.29, 1.82) is 0 Å². The fraction of sp³-hybridized carbons (Fsp3) is 0. The Morgan fingerprint density at radius 3 is 1.06 bits per heavy atom. The summed E-state index contributed by atoms with van der Waals surface area (Å²) >= 11 is 0. The Kier molecular flexibility index (Phi) is 10.3. The minimum absolute atomic E-state index is 1.07. The molecule has 0 N–H and O–H groups in total. The van der Waals surface area contributed by atoms with Crippen LogP contribution in [0.5, 0.6) is 0 Å². The molecule has 0 aliphatic rings. The molecule has 0 amide bonds. The highest BCUT2D eigenvalue weighted by Crippen LogP contribution is 2.46. The molecule has 0 fully saturated rings. The molecular formula is C66H45N. The summed E-state index contributed by atoms with van der Waals surface area (Å²) in [6, 6.07) is 99.6.